The molecule has 17 heavy (non-hydrogen) atoms. The van der Waals surface area contributed by atoms with Crippen molar-refractivity contribution in [3.8, 4) is 0 Å². The Bertz CT molecular complexity index is 501. The van der Waals surface area contributed by atoms with E-state index in [1.165, 1.54) is 10.4 Å². The van der Waals surface area contributed by atoms with Gasteiger partial charge in [0.2, 0.25) is 10.0 Å². The van der Waals surface area contributed by atoms with Gasteiger partial charge in [-0.2, -0.15) is 4.31 Å². The predicted octanol–water partition coefficient (Wildman–Crippen LogP) is 0.678. The number of nitrogens with zero attached hydrogens (tertiary/aromatic N) is 1. The van der Waals surface area contributed by atoms with Gasteiger partial charge in [0.1, 0.15) is 0 Å². The van der Waals surface area contributed by atoms with Crippen LogP contribution >= 0.6 is 0 Å². The van der Waals surface area contributed by atoms with Gasteiger partial charge in [0.25, 0.3) is 0 Å². The summed E-state index contributed by atoms with van der Waals surface area (Å²) in [5, 5.41) is 0. The maximum atomic E-state index is 12.4. The second-order valence-corrected chi connectivity index (χ2v) is 6.00. The van der Waals surface area contributed by atoms with E-state index in [-0.39, 0.29) is 10.9 Å². The molecule has 0 aromatic heterocycles. The molecule has 1 aliphatic rings. The Balaban J connectivity index is 2.35. The van der Waals surface area contributed by atoms with Crippen molar-refractivity contribution < 1.29 is 13.2 Å². The average Bonchev–Trinajstić information content (AvgIpc) is 2.29. The van der Waals surface area contributed by atoms with E-state index in [9.17, 15) is 8.42 Å². The summed E-state index contributed by atoms with van der Waals surface area (Å²) >= 11 is 0. The van der Waals surface area contributed by atoms with Gasteiger partial charge in [-0.3, -0.25) is 0 Å². The lowest BCUT2D eigenvalue weighted by atomic mass is 10.3. The van der Waals surface area contributed by atoms with E-state index >= 15 is 0 Å². The zero-order valence-corrected chi connectivity index (χ0v) is 10.5. The molecule has 6 heteroatoms. The van der Waals surface area contributed by atoms with Crippen molar-refractivity contribution in [2.45, 2.75) is 17.9 Å². The lowest BCUT2D eigenvalue weighted by molar-refractivity contribution is 0.0393. The third-order valence-corrected chi connectivity index (χ3v) is 4.78. The Kier molecular flexibility index (Phi) is 3.37. The van der Waals surface area contributed by atoms with Gasteiger partial charge in [-0.05, 0) is 25.1 Å². The molecule has 5 nitrogen and oxygen atoms in total. The summed E-state index contributed by atoms with van der Waals surface area (Å²) in [6.07, 6.45) is 0. The number of sulfonamides is 1. The van der Waals surface area contributed by atoms with E-state index in [1.54, 1.807) is 18.2 Å². The zero-order valence-electron chi connectivity index (χ0n) is 9.67. The monoisotopic (exact) mass is 256 g/mol. The molecular weight excluding hydrogens is 240 g/mol. The first-order valence-corrected chi connectivity index (χ1v) is 6.91. The molecule has 1 aromatic rings. The Morgan fingerprint density at radius 3 is 2.88 bits per heavy atom. The fourth-order valence-corrected chi connectivity index (χ4v) is 3.54. The van der Waals surface area contributed by atoms with Crippen molar-refractivity contribution in [1.82, 2.24) is 4.31 Å². The van der Waals surface area contributed by atoms with Crippen molar-refractivity contribution in [2.24, 2.45) is 0 Å². The fourth-order valence-electron chi connectivity index (χ4n) is 1.88. The van der Waals surface area contributed by atoms with E-state index in [1.807, 2.05) is 6.92 Å². The Hall–Kier alpha value is -1.11. The van der Waals surface area contributed by atoms with Gasteiger partial charge in [0, 0.05) is 18.3 Å². The quantitative estimate of drug-likeness (QED) is 0.790. The van der Waals surface area contributed by atoms with Gasteiger partial charge in [0.15, 0.2) is 0 Å². The van der Waals surface area contributed by atoms with Crippen LogP contribution in [-0.2, 0) is 14.8 Å². The highest BCUT2D eigenvalue weighted by Gasteiger charge is 2.31. The van der Waals surface area contributed by atoms with Crippen molar-refractivity contribution in [1.29, 1.82) is 0 Å². The van der Waals surface area contributed by atoms with Crippen LogP contribution in [0.25, 0.3) is 0 Å². The lowest BCUT2D eigenvalue weighted by Gasteiger charge is -2.32. The molecule has 0 amide bonds. The molecule has 1 heterocycles. The van der Waals surface area contributed by atoms with E-state index in [0.717, 1.165) is 0 Å². The maximum absolute atomic E-state index is 12.4. The molecule has 1 atom stereocenters. The van der Waals surface area contributed by atoms with E-state index in [2.05, 4.69) is 0 Å². The minimum absolute atomic E-state index is 0.143. The van der Waals surface area contributed by atoms with Crippen LogP contribution in [0.2, 0.25) is 0 Å². The van der Waals surface area contributed by atoms with Crippen LogP contribution in [0.4, 0.5) is 5.69 Å². The third kappa shape index (κ3) is 2.43. The molecule has 0 saturated carbocycles. The van der Waals surface area contributed by atoms with Gasteiger partial charge < -0.3 is 10.5 Å². The number of benzene rings is 1. The number of ether oxygens (including phenoxy) is 1. The molecule has 0 radical (unpaired) electrons. The van der Waals surface area contributed by atoms with Crippen LogP contribution in [0.3, 0.4) is 0 Å². The molecular formula is C11H16N2O3S. The molecule has 94 valence electrons. The SMILES string of the molecule is CC1COCCN1S(=O)(=O)c1cccc(N)c1. The smallest absolute Gasteiger partial charge is 0.243 e. The van der Waals surface area contributed by atoms with E-state index < -0.39 is 10.0 Å². The number of nitrogen functional groups attached to an aromatic ring is 1. The van der Waals surface area contributed by atoms with Crippen LogP contribution < -0.4 is 5.73 Å². The van der Waals surface area contributed by atoms with Gasteiger partial charge in [-0.1, -0.05) is 6.07 Å². The molecule has 0 bridgehead atoms. The Morgan fingerprint density at radius 1 is 1.47 bits per heavy atom. The first kappa shape index (κ1) is 12.3. The van der Waals surface area contributed by atoms with Crippen LogP contribution in [0.15, 0.2) is 29.2 Å². The van der Waals surface area contributed by atoms with Gasteiger partial charge in [-0.25, -0.2) is 8.42 Å². The highest BCUT2D eigenvalue weighted by molar-refractivity contribution is 7.89. The largest absolute Gasteiger partial charge is 0.399 e. The number of anilines is 1. The molecule has 1 fully saturated rings. The third-order valence-electron chi connectivity index (χ3n) is 2.77. The zero-order chi connectivity index (χ0) is 12.5. The molecule has 1 aromatic carbocycles. The van der Waals surface area contributed by atoms with Crippen LogP contribution in [0.1, 0.15) is 6.92 Å². The molecule has 0 spiro atoms. The number of hydrogen-bond donors (Lipinski definition) is 1. The highest BCUT2D eigenvalue weighted by Crippen LogP contribution is 2.21. The van der Waals surface area contributed by atoms with Crippen molar-refractivity contribution in [3.63, 3.8) is 0 Å². The van der Waals surface area contributed by atoms with Crippen molar-refractivity contribution >= 4 is 15.7 Å². The molecule has 2 N–H and O–H groups in total. The first-order chi connectivity index (χ1) is 8.01. The van der Waals surface area contributed by atoms with Gasteiger partial charge in [-0.15, -0.1) is 0 Å². The van der Waals surface area contributed by atoms with Crippen molar-refractivity contribution in [3.05, 3.63) is 24.3 Å². The topological polar surface area (TPSA) is 72.6 Å². The lowest BCUT2D eigenvalue weighted by Crippen LogP contribution is -2.46. The summed E-state index contributed by atoms with van der Waals surface area (Å²) in [4.78, 5) is 0.242. The highest BCUT2D eigenvalue weighted by atomic mass is 32.2. The summed E-state index contributed by atoms with van der Waals surface area (Å²) in [5.74, 6) is 0. The summed E-state index contributed by atoms with van der Waals surface area (Å²) in [6.45, 7) is 3.09. The molecule has 1 saturated heterocycles. The molecule has 2 rings (SSSR count). The molecule has 1 unspecified atom stereocenters. The number of rotatable bonds is 2. The second kappa shape index (κ2) is 4.64. The van der Waals surface area contributed by atoms with Gasteiger partial charge >= 0.3 is 0 Å². The van der Waals surface area contributed by atoms with Crippen LogP contribution in [-0.4, -0.2) is 38.5 Å². The number of morpholine rings is 1. The number of nitrogens with two attached hydrogens (primary N) is 1. The predicted molar refractivity (Wildman–Crippen MR) is 65.0 cm³/mol. The van der Waals surface area contributed by atoms with Gasteiger partial charge in [0.05, 0.1) is 18.1 Å². The molecule has 1 aliphatic heterocycles. The van der Waals surface area contributed by atoms with E-state index in [4.69, 9.17) is 10.5 Å². The van der Waals surface area contributed by atoms with Crippen LogP contribution in [0.5, 0.6) is 0 Å². The average molecular weight is 256 g/mol. The summed E-state index contributed by atoms with van der Waals surface area (Å²) in [6, 6.07) is 6.22. The van der Waals surface area contributed by atoms with Crippen LogP contribution in [0, 0.1) is 0 Å². The summed E-state index contributed by atoms with van der Waals surface area (Å²) < 4.78 is 31.4. The number of hydrogen-bond acceptors (Lipinski definition) is 4. The minimum atomic E-state index is -3.46. The fraction of sp³-hybridized carbons (Fsp3) is 0.455. The minimum Gasteiger partial charge on any atom is -0.399 e. The summed E-state index contributed by atoms with van der Waals surface area (Å²) in [5.41, 5.74) is 6.06. The second-order valence-electron chi connectivity index (χ2n) is 4.11. The Morgan fingerprint density at radius 2 is 2.24 bits per heavy atom. The standard InChI is InChI=1S/C11H16N2O3S/c1-9-8-16-6-5-13(9)17(14,15)11-4-2-3-10(12)7-11/h2-4,7,9H,5-6,8,12H2,1H3. The first-order valence-electron chi connectivity index (χ1n) is 5.47. The summed E-state index contributed by atoms with van der Waals surface area (Å²) in [7, 11) is -3.46. The Labute approximate surface area is 101 Å². The van der Waals surface area contributed by atoms with E-state index in [0.29, 0.717) is 25.4 Å². The molecule has 0 aliphatic carbocycles. The normalized spacial score (nSPS) is 22.5. The maximum Gasteiger partial charge on any atom is 0.243 e. The van der Waals surface area contributed by atoms with Crippen molar-refractivity contribution in [2.75, 3.05) is 25.5 Å².